The minimum atomic E-state index is -4.55. The van der Waals surface area contributed by atoms with Gasteiger partial charge in [0.05, 0.1) is 35.3 Å². The third kappa shape index (κ3) is 7.66. The van der Waals surface area contributed by atoms with E-state index in [4.69, 9.17) is 0 Å². The average molecular weight is 621 g/mol. The van der Waals surface area contributed by atoms with Gasteiger partial charge in [0.1, 0.15) is 6.54 Å². The molecule has 0 bridgehead atoms. The number of carbonyl (C=O) groups excluding carboxylic acids is 3. The Bertz CT molecular complexity index is 1750. The maximum Gasteiger partial charge on any atom is 0.416 e. The summed E-state index contributed by atoms with van der Waals surface area (Å²) in [4.78, 5) is 59.3. The molecule has 2 heterocycles. The van der Waals surface area contributed by atoms with Crippen LogP contribution in [0.1, 0.15) is 30.5 Å². The van der Waals surface area contributed by atoms with Gasteiger partial charge in [-0.05, 0) is 48.0 Å². The van der Waals surface area contributed by atoms with Gasteiger partial charge in [0.2, 0.25) is 17.7 Å². The molecule has 0 spiro atoms. The first kappa shape index (κ1) is 31.2. The number of piperazine rings is 1. The average Bonchev–Trinajstić information content (AvgIpc) is 3.02. The van der Waals surface area contributed by atoms with E-state index < -0.39 is 41.7 Å². The zero-order chi connectivity index (χ0) is 32.1. The van der Waals surface area contributed by atoms with Crippen LogP contribution in [0.3, 0.4) is 0 Å². The largest absolute Gasteiger partial charge is 0.416 e. The molecule has 0 radical (unpaired) electrons. The van der Waals surface area contributed by atoms with Gasteiger partial charge in [-0.1, -0.05) is 30.3 Å². The summed E-state index contributed by atoms with van der Waals surface area (Å²) in [5.41, 5.74) is 0.736. The van der Waals surface area contributed by atoms with Crippen molar-refractivity contribution in [1.29, 1.82) is 0 Å². The second-order valence-electron chi connectivity index (χ2n) is 10.7. The molecule has 3 amide bonds. The summed E-state index contributed by atoms with van der Waals surface area (Å²) in [5, 5.41) is 5.71. The highest BCUT2D eigenvalue weighted by Crippen LogP contribution is 2.30. The van der Waals surface area contributed by atoms with Crippen molar-refractivity contribution in [2.75, 3.05) is 36.4 Å². The lowest BCUT2D eigenvalue weighted by atomic mass is 10.0. The van der Waals surface area contributed by atoms with E-state index in [2.05, 4.69) is 20.5 Å². The van der Waals surface area contributed by atoms with Gasteiger partial charge in [0.25, 0.3) is 5.56 Å². The van der Waals surface area contributed by atoms with Crippen LogP contribution < -0.4 is 21.1 Å². The van der Waals surface area contributed by atoms with Crippen molar-refractivity contribution >= 4 is 40.0 Å². The van der Waals surface area contributed by atoms with Crippen molar-refractivity contribution in [2.24, 2.45) is 0 Å². The maximum atomic E-state index is 13.4. The smallest absolute Gasteiger partial charge is 0.368 e. The van der Waals surface area contributed by atoms with Crippen molar-refractivity contribution in [3.8, 4) is 0 Å². The van der Waals surface area contributed by atoms with Crippen LogP contribution >= 0.6 is 0 Å². The number of amides is 3. The molecular weight excluding hydrogens is 589 g/mol. The summed E-state index contributed by atoms with van der Waals surface area (Å²) in [6.45, 7) is 3.43. The topological polar surface area (TPSA) is 117 Å². The molecule has 1 fully saturated rings. The molecule has 13 heteroatoms. The van der Waals surface area contributed by atoms with Crippen LogP contribution in [0.5, 0.6) is 0 Å². The minimum Gasteiger partial charge on any atom is -0.368 e. The van der Waals surface area contributed by atoms with Crippen LogP contribution in [0.15, 0.2) is 83.9 Å². The van der Waals surface area contributed by atoms with Crippen LogP contribution in [0, 0.1) is 0 Å². The SMILES string of the molecule is CC(=O)N1CCN(c2ccc3ncn(CC(=O)N[C@H](CC(=O)Nc4ccccc4)c4ccc(C(F)(F)F)cc4)c(=O)c3c2)CC1. The van der Waals surface area contributed by atoms with E-state index in [9.17, 15) is 32.3 Å². The highest BCUT2D eigenvalue weighted by Gasteiger charge is 2.30. The molecule has 1 aliphatic rings. The minimum absolute atomic E-state index is 0.0101. The number of nitrogens with zero attached hydrogens (tertiary/aromatic N) is 4. The first-order valence-electron chi connectivity index (χ1n) is 14.3. The summed E-state index contributed by atoms with van der Waals surface area (Å²) < 4.78 is 40.6. The van der Waals surface area contributed by atoms with E-state index >= 15 is 0 Å². The number of benzene rings is 3. The number of rotatable bonds is 8. The molecule has 3 aromatic carbocycles. The summed E-state index contributed by atoms with van der Waals surface area (Å²) in [5.74, 6) is -1.09. The number of anilines is 2. The number of alkyl halides is 3. The van der Waals surface area contributed by atoms with Gasteiger partial charge in [-0.25, -0.2) is 4.98 Å². The van der Waals surface area contributed by atoms with Gasteiger partial charge in [-0.2, -0.15) is 13.2 Å². The molecule has 1 atom stereocenters. The Balaban J connectivity index is 1.33. The highest BCUT2D eigenvalue weighted by atomic mass is 19.4. The van der Waals surface area contributed by atoms with Gasteiger partial charge in [0, 0.05) is 44.5 Å². The Labute approximate surface area is 256 Å². The molecule has 234 valence electrons. The van der Waals surface area contributed by atoms with Crippen molar-refractivity contribution in [2.45, 2.75) is 32.1 Å². The molecule has 0 saturated carbocycles. The lowest BCUT2D eigenvalue weighted by Gasteiger charge is -2.35. The quantitative estimate of drug-likeness (QED) is 0.308. The van der Waals surface area contributed by atoms with E-state index in [0.717, 1.165) is 22.4 Å². The van der Waals surface area contributed by atoms with Gasteiger partial charge in [-0.3, -0.25) is 23.7 Å². The first-order valence-corrected chi connectivity index (χ1v) is 14.3. The molecule has 45 heavy (non-hydrogen) atoms. The Morgan fingerprint density at radius 1 is 0.911 bits per heavy atom. The normalized spacial score (nSPS) is 14.2. The molecule has 1 aromatic heterocycles. The standard InChI is InChI=1S/C32H31F3N6O4/c1-21(42)39-13-15-40(16-14-39)25-11-12-27-26(17-25)31(45)41(20-36-27)19-30(44)38-28(18-29(43)37-24-5-3-2-4-6-24)22-7-9-23(10-8-22)32(33,34)35/h2-12,17,20,28H,13-16,18-19H2,1H3,(H,37,43)(H,38,44)/t28-/m1/s1. The number of nitrogens with one attached hydrogen (secondary N) is 2. The van der Waals surface area contributed by atoms with E-state index in [1.54, 1.807) is 47.4 Å². The van der Waals surface area contributed by atoms with Crippen LogP contribution in [-0.4, -0.2) is 58.4 Å². The fraction of sp³-hybridized carbons (Fsp3) is 0.281. The van der Waals surface area contributed by atoms with Gasteiger partial charge in [-0.15, -0.1) is 0 Å². The summed E-state index contributed by atoms with van der Waals surface area (Å²) in [7, 11) is 0. The van der Waals surface area contributed by atoms with E-state index in [0.29, 0.717) is 42.8 Å². The Morgan fingerprint density at radius 2 is 1.60 bits per heavy atom. The number of hydrogen-bond donors (Lipinski definition) is 2. The van der Waals surface area contributed by atoms with Gasteiger partial charge in [0.15, 0.2) is 0 Å². The van der Waals surface area contributed by atoms with Crippen molar-refractivity contribution in [3.05, 3.63) is 101 Å². The molecule has 1 aliphatic heterocycles. The van der Waals surface area contributed by atoms with Crippen molar-refractivity contribution < 1.29 is 27.6 Å². The third-order valence-corrected chi connectivity index (χ3v) is 7.63. The van der Waals surface area contributed by atoms with Crippen molar-refractivity contribution in [1.82, 2.24) is 19.8 Å². The second kappa shape index (κ2) is 13.2. The lowest BCUT2D eigenvalue weighted by molar-refractivity contribution is -0.137. The molecule has 0 unspecified atom stereocenters. The van der Waals surface area contributed by atoms with E-state index in [1.807, 2.05) is 6.07 Å². The number of carbonyl (C=O) groups is 3. The van der Waals surface area contributed by atoms with Crippen LogP contribution in [0.25, 0.3) is 10.9 Å². The van der Waals surface area contributed by atoms with Crippen LogP contribution in [0.2, 0.25) is 0 Å². The molecule has 2 N–H and O–H groups in total. The second-order valence-corrected chi connectivity index (χ2v) is 10.7. The third-order valence-electron chi connectivity index (χ3n) is 7.63. The predicted molar refractivity (Wildman–Crippen MR) is 162 cm³/mol. The molecule has 10 nitrogen and oxygen atoms in total. The Hall–Kier alpha value is -5.20. The van der Waals surface area contributed by atoms with E-state index in [-0.39, 0.29) is 17.9 Å². The number of aromatic nitrogens is 2. The fourth-order valence-electron chi connectivity index (χ4n) is 5.21. The van der Waals surface area contributed by atoms with Crippen LogP contribution in [-0.2, 0) is 27.1 Å². The van der Waals surface area contributed by atoms with Crippen molar-refractivity contribution in [3.63, 3.8) is 0 Å². The van der Waals surface area contributed by atoms with Crippen LogP contribution in [0.4, 0.5) is 24.5 Å². The molecule has 4 aromatic rings. The van der Waals surface area contributed by atoms with E-state index in [1.165, 1.54) is 25.4 Å². The summed E-state index contributed by atoms with van der Waals surface area (Å²) in [6.07, 6.45) is -3.56. The number of fused-ring (bicyclic) bond motifs is 1. The van der Waals surface area contributed by atoms with Gasteiger partial charge < -0.3 is 20.4 Å². The molecule has 5 rings (SSSR count). The predicted octanol–water partition coefficient (Wildman–Crippen LogP) is 3.97. The number of hydrogen-bond acceptors (Lipinski definition) is 6. The summed E-state index contributed by atoms with van der Waals surface area (Å²) in [6, 6.07) is 17.1. The zero-order valence-electron chi connectivity index (χ0n) is 24.4. The lowest BCUT2D eigenvalue weighted by Crippen LogP contribution is -2.48. The monoisotopic (exact) mass is 620 g/mol. The first-order chi connectivity index (χ1) is 21.5. The molecule has 0 aliphatic carbocycles. The Morgan fingerprint density at radius 3 is 2.24 bits per heavy atom. The number of para-hydroxylation sites is 1. The molecular formula is C32H31F3N6O4. The summed E-state index contributed by atoms with van der Waals surface area (Å²) >= 11 is 0. The highest BCUT2D eigenvalue weighted by molar-refractivity contribution is 5.91. The maximum absolute atomic E-state index is 13.4. The number of halogens is 3. The zero-order valence-corrected chi connectivity index (χ0v) is 24.4. The van der Waals surface area contributed by atoms with Gasteiger partial charge >= 0.3 is 6.18 Å². The Kier molecular flexibility index (Phi) is 9.16. The fourth-order valence-corrected chi connectivity index (χ4v) is 5.21. The molecule has 1 saturated heterocycles.